The number of anilines is 2. The first-order valence-electron chi connectivity index (χ1n) is 16.0. The highest BCUT2D eigenvalue weighted by Gasteiger charge is 2.42. The molecule has 0 saturated carbocycles. The average molecular weight is 611 g/mol. The van der Waals surface area contributed by atoms with Gasteiger partial charge in [0.1, 0.15) is 18.6 Å². The van der Waals surface area contributed by atoms with E-state index in [-0.39, 0.29) is 18.5 Å². The van der Waals surface area contributed by atoms with Gasteiger partial charge in [-0.25, -0.2) is 4.90 Å². The summed E-state index contributed by atoms with van der Waals surface area (Å²) in [5.74, 6) is 2.90. The molecule has 11 nitrogen and oxygen atoms in total. The highest BCUT2D eigenvalue weighted by Crippen LogP contribution is 2.44. The molecule has 44 heavy (non-hydrogen) atoms. The van der Waals surface area contributed by atoms with Crippen LogP contribution in [0.25, 0.3) is 0 Å². The van der Waals surface area contributed by atoms with E-state index in [9.17, 15) is 0 Å². The molecule has 244 valence electrons. The van der Waals surface area contributed by atoms with Crippen LogP contribution in [0.4, 0.5) is 11.4 Å². The number of fused-ring (bicyclic) bond motifs is 1. The summed E-state index contributed by atoms with van der Waals surface area (Å²) in [4.78, 5) is 11.6. The van der Waals surface area contributed by atoms with Gasteiger partial charge in [-0.05, 0) is 83.7 Å². The summed E-state index contributed by atoms with van der Waals surface area (Å²) in [5, 5.41) is 3.51. The molecule has 0 aliphatic carbocycles. The van der Waals surface area contributed by atoms with E-state index in [0.29, 0.717) is 24.0 Å². The lowest BCUT2D eigenvalue weighted by molar-refractivity contribution is 0.0273. The van der Waals surface area contributed by atoms with Crippen molar-refractivity contribution < 1.29 is 14.2 Å². The molecule has 0 spiro atoms. The van der Waals surface area contributed by atoms with Crippen LogP contribution in [0.5, 0.6) is 17.2 Å². The first-order valence-corrected chi connectivity index (χ1v) is 16.0. The number of likely N-dealkylation sites (N-methyl/N-ethyl adjacent to an activating group) is 1. The highest BCUT2D eigenvalue weighted by atomic mass is 16.5. The number of benzene rings is 2. The Balaban J connectivity index is 1.34. The van der Waals surface area contributed by atoms with Gasteiger partial charge >= 0.3 is 0 Å². The summed E-state index contributed by atoms with van der Waals surface area (Å²) < 4.78 is 17.7. The van der Waals surface area contributed by atoms with Gasteiger partial charge in [-0.3, -0.25) is 10.6 Å². The van der Waals surface area contributed by atoms with Gasteiger partial charge in [0.15, 0.2) is 11.5 Å². The minimum absolute atomic E-state index is 0.265. The zero-order valence-electron chi connectivity index (χ0n) is 27.6. The molecule has 3 aliphatic heterocycles. The van der Waals surface area contributed by atoms with Gasteiger partial charge in [-0.1, -0.05) is 6.07 Å². The molecule has 3 atom stereocenters. The molecule has 0 radical (unpaired) electrons. The Morgan fingerprint density at radius 2 is 1.68 bits per heavy atom. The summed E-state index contributed by atoms with van der Waals surface area (Å²) in [7, 11) is 11.7. The van der Waals surface area contributed by atoms with E-state index < -0.39 is 0 Å². The molecule has 2 fully saturated rings. The second-order valence-electron chi connectivity index (χ2n) is 12.9. The van der Waals surface area contributed by atoms with Crippen molar-refractivity contribution in [3.05, 3.63) is 41.5 Å². The zero-order valence-corrected chi connectivity index (χ0v) is 27.6. The Morgan fingerprint density at radius 1 is 0.955 bits per heavy atom. The molecule has 3 heterocycles. The first kappa shape index (κ1) is 32.6. The van der Waals surface area contributed by atoms with Crippen LogP contribution in [0.2, 0.25) is 0 Å². The van der Waals surface area contributed by atoms with E-state index in [1.54, 1.807) is 14.2 Å². The normalized spacial score (nSPS) is 23.2. The molecule has 5 N–H and O–H groups in total. The fraction of sp³-hybridized carbons (Fsp3) is 0.636. The number of hydrogen-bond acceptors (Lipinski definition) is 11. The molecule has 0 aromatic heterocycles. The molecule has 2 aromatic carbocycles. The molecule has 11 heteroatoms. The number of piperidine rings is 1. The van der Waals surface area contributed by atoms with Gasteiger partial charge in [0.05, 0.1) is 20.4 Å². The number of likely N-dealkylation sites (tertiary alicyclic amines) is 1. The fourth-order valence-electron chi connectivity index (χ4n) is 7.00. The zero-order chi connectivity index (χ0) is 31.4. The first-order chi connectivity index (χ1) is 21.2. The van der Waals surface area contributed by atoms with Crippen molar-refractivity contribution in [1.82, 2.24) is 20.0 Å². The van der Waals surface area contributed by atoms with Crippen molar-refractivity contribution >= 4 is 11.4 Å². The van der Waals surface area contributed by atoms with Crippen LogP contribution >= 0.6 is 0 Å². The lowest BCUT2D eigenvalue weighted by atomic mass is 9.96. The Labute approximate surface area is 264 Å². The summed E-state index contributed by atoms with van der Waals surface area (Å²) in [6.07, 6.45) is 2.47. The third kappa shape index (κ3) is 7.03. The van der Waals surface area contributed by atoms with Crippen molar-refractivity contribution in [2.75, 3.05) is 98.1 Å². The largest absolute Gasteiger partial charge is 0.493 e. The Morgan fingerprint density at radius 3 is 2.32 bits per heavy atom. The van der Waals surface area contributed by atoms with Crippen LogP contribution < -0.4 is 40.8 Å². The Kier molecular flexibility index (Phi) is 10.8. The maximum atomic E-state index is 7.14. The monoisotopic (exact) mass is 610 g/mol. The molecule has 2 saturated heterocycles. The molecule has 3 aliphatic rings. The summed E-state index contributed by atoms with van der Waals surface area (Å²) in [6.45, 7) is 7.24. The van der Waals surface area contributed by atoms with Crippen molar-refractivity contribution in [2.24, 2.45) is 17.4 Å². The summed E-state index contributed by atoms with van der Waals surface area (Å²) >= 11 is 0. The van der Waals surface area contributed by atoms with Crippen LogP contribution in [-0.2, 0) is 6.54 Å². The number of nitrogens with zero attached hydrogens (tertiary/aromatic N) is 5. The highest BCUT2D eigenvalue weighted by molar-refractivity contribution is 5.65. The third-order valence-electron chi connectivity index (χ3n) is 9.47. The molecular weight excluding hydrogens is 556 g/mol. The van der Waals surface area contributed by atoms with Gasteiger partial charge in [0.25, 0.3) is 0 Å². The maximum absolute atomic E-state index is 7.14. The number of methoxy groups -OCH3 is 2. The standard InChI is InChI=1S/C33H54N8O3/c1-37(2)16-17-44-29-9-7-8-27(38(3)4)26(29)22-39-14-11-24(12-15-39)41-32(34)25-18-30(42-5)31(43-6)19-28(25)40(33(41)35)21-23-10-13-36-20-23/h7-9,18-19,23-24,32-33,36H,10-17,20-22,34-35H2,1-6H3. The molecule has 5 rings (SSSR count). The predicted molar refractivity (Wildman–Crippen MR) is 178 cm³/mol. The van der Waals surface area contributed by atoms with E-state index in [4.69, 9.17) is 25.7 Å². The third-order valence-corrected chi connectivity index (χ3v) is 9.47. The van der Waals surface area contributed by atoms with E-state index in [1.807, 2.05) is 6.07 Å². The van der Waals surface area contributed by atoms with E-state index in [2.05, 4.69) is 82.3 Å². The van der Waals surface area contributed by atoms with Crippen LogP contribution in [0.1, 0.15) is 36.6 Å². The second kappa shape index (κ2) is 14.5. The minimum Gasteiger partial charge on any atom is -0.493 e. The van der Waals surface area contributed by atoms with Gasteiger partial charge in [-0.15, -0.1) is 0 Å². The Hall–Kier alpha value is -2.80. The predicted octanol–water partition coefficient (Wildman–Crippen LogP) is 2.31. The van der Waals surface area contributed by atoms with Crippen LogP contribution in [0, 0.1) is 5.92 Å². The van der Waals surface area contributed by atoms with Gasteiger partial charge < -0.3 is 40.0 Å². The van der Waals surface area contributed by atoms with Gasteiger partial charge in [-0.2, -0.15) is 0 Å². The molecule has 0 amide bonds. The maximum Gasteiger partial charge on any atom is 0.162 e. The van der Waals surface area contributed by atoms with E-state index in [1.165, 1.54) is 11.3 Å². The lowest BCUT2D eigenvalue weighted by Crippen LogP contribution is -2.65. The fourth-order valence-corrected chi connectivity index (χ4v) is 7.00. The quantitative estimate of drug-likeness (QED) is 0.330. The lowest BCUT2D eigenvalue weighted by Gasteiger charge is -2.52. The number of hydrogen-bond donors (Lipinski definition) is 3. The molecule has 2 aromatic rings. The number of nitrogens with two attached hydrogens (primary N) is 2. The summed E-state index contributed by atoms with van der Waals surface area (Å²) in [6, 6.07) is 10.7. The number of rotatable bonds is 12. The average Bonchev–Trinajstić information content (AvgIpc) is 3.53. The van der Waals surface area contributed by atoms with E-state index in [0.717, 1.165) is 82.1 Å². The summed E-state index contributed by atoms with van der Waals surface area (Å²) in [5.41, 5.74) is 18.7. The van der Waals surface area contributed by atoms with Crippen LogP contribution in [-0.4, -0.2) is 115 Å². The topological polar surface area (TPSA) is 108 Å². The smallest absolute Gasteiger partial charge is 0.162 e. The SMILES string of the molecule is COc1cc2c(cc1OC)N(CC1CCNC1)C(N)N(C1CCN(Cc3c(OCCN(C)C)cccc3N(C)C)CC1)C2N. The van der Waals surface area contributed by atoms with E-state index >= 15 is 0 Å². The molecule has 3 unspecified atom stereocenters. The van der Waals surface area contributed by atoms with Crippen molar-refractivity contribution in [3.8, 4) is 17.2 Å². The van der Waals surface area contributed by atoms with Gasteiger partial charge in [0.2, 0.25) is 0 Å². The van der Waals surface area contributed by atoms with Gasteiger partial charge in [0, 0.05) is 68.3 Å². The van der Waals surface area contributed by atoms with Crippen LogP contribution in [0.15, 0.2) is 30.3 Å². The molecular formula is C33H54N8O3. The number of nitrogens with one attached hydrogen (secondary N) is 1. The van der Waals surface area contributed by atoms with Crippen LogP contribution in [0.3, 0.4) is 0 Å². The van der Waals surface area contributed by atoms with Crippen molar-refractivity contribution in [3.63, 3.8) is 0 Å². The van der Waals surface area contributed by atoms with Crippen molar-refractivity contribution in [1.29, 1.82) is 0 Å². The minimum atomic E-state index is -0.333. The van der Waals surface area contributed by atoms with Crippen molar-refractivity contribution in [2.45, 2.75) is 44.3 Å². The second-order valence-corrected chi connectivity index (χ2v) is 12.9. The Bertz CT molecular complexity index is 1230. The number of ether oxygens (including phenoxy) is 3. The molecule has 0 bridgehead atoms.